The van der Waals surface area contributed by atoms with Gasteiger partial charge in [-0.15, -0.1) is 11.8 Å². The van der Waals surface area contributed by atoms with Crippen molar-refractivity contribution in [1.82, 2.24) is 10.6 Å². The molecule has 0 bridgehead atoms. The molecular weight excluding hydrogens is 336 g/mol. The third kappa shape index (κ3) is 7.08. The van der Waals surface area contributed by atoms with Gasteiger partial charge in [-0.3, -0.25) is 9.59 Å². The average molecular weight is 365 g/mol. The highest BCUT2D eigenvalue weighted by Crippen LogP contribution is 2.24. The Morgan fingerprint density at radius 1 is 1.20 bits per heavy atom. The van der Waals surface area contributed by atoms with Crippen LogP contribution in [0.25, 0.3) is 0 Å². The van der Waals surface area contributed by atoms with Crippen LogP contribution in [0, 0.1) is 5.92 Å². The minimum Gasteiger partial charge on any atom is -0.392 e. The van der Waals surface area contributed by atoms with Crippen LogP contribution in [0.3, 0.4) is 0 Å². The van der Waals surface area contributed by atoms with Crippen LogP contribution in [0.15, 0.2) is 29.2 Å². The van der Waals surface area contributed by atoms with Gasteiger partial charge in [-0.1, -0.05) is 31.4 Å². The van der Waals surface area contributed by atoms with Crippen LogP contribution >= 0.6 is 11.8 Å². The van der Waals surface area contributed by atoms with Crippen LogP contribution in [-0.2, 0) is 4.79 Å². The molecule has 6 heteroatoms. The number of carbonyl (C=O) groups excluding carboxylic acids is 2. The van der Waals surface area contributed by atoms with Crippen molar-refractivity contribution < 1.29 is 14.7 Å². The highest BCUT2D eigenvalue weighted by Gasteiger charge is 2.16. The third-order valence-electron chi connectivity index (χ3n) is 4.36. The summed E-state index contributed by atoms with van der Waals surface area (Å²) >= 11 is 1.37. The minimum atomic E-state index is -0.589. The van der Waals surface area contributed by atoms with Crippen molar-refractivity contribution in [3.05, 3.63) is 29.8 Å². The van der Waals surface area contributed by atoms with Gasteiger partial charge in [0, 0.05) is 18.0 Å². The molecule has 0 spiro atoms. The van der Waals surface area contributed by atoms with Gasteiger partial charge in [0.15, 0.2) is 0 Å². The van der Waals surface area contributed by atoms with Gasteiger partial charge >= 0.3 is 0 Å². The van der Waals surface area contributed by atoms with Crippen LogP contribution in [0.5, 0.6) is 0 Å². The van der Waals surface area contributed by atoms with Gasteiger partial charge in [0.05, 0.1) is 17.4 Å². The molecule has 5 nitrogen and oxygen atoms in total. The molecule has 1 aromatic rings. The van der Waals surface area contributed by atoms with E-state index < -0.39 is 6.10 Å². The molecule has 2 rings (SSSR count). The third-order valence-corrected chi connectivity index (χ3v) is 5.43. The number of carbonyl (C=O) groups is 2. The molecule has 138 valence electrons. The van der Waals surface area contributed by atoms with E-state index >= 15 is 0 Å². The Morgan fingerprint density at radius 3 is 2.64 bits per heavy atom. The summed E-state index contributed by atoms with van der Waals surface area (Å²) in [7, 11) is 0. The molecule has 0 aliphatic heterocycles. The number of aliphatic hydroxyl groups is 1. The monoisotopic (exact) mass is 364 g/mol. The van der Waals surface area contributed by atoms with Crippen molar-refractivity contribution in [1.29, 1.82) is 0 Å². The fourth-order valence-electron chi connectivity index (χ4n) is 2.96. The molecule has 1 saturated carbocycles. The topological polar surface area (TPSA) is 78.4 Å². The zero-order valence-corrected chi connectivity index (χ0v) is 15.6. The summed E-state index contributed by atoms with van der Waals surface area (Å²) in [6.07, 6.45) is 5.68. The van der Waals surface area contributed by atoms with E-state index in [9.17, 15) is 14.7 Å². The first-order valence-electron chi connectivity index (χ1n) is 9.01. The van der Waals surface area contributed by atoms with Crippen LogP contribution < -0.4 is 10.6 Å². The number of benzene rings is 1. The Bertz CT molecular complexity index is 572. The van der Waals surface area contributed by atoms with Gasteiger partial charge in [-0.05, 0) is 37.8 Å². The molecule has 0 radical (unpaired) electrons. The number of thioether (sulfide) groups is 1. The summed E-state index contributed by atoms with van der Waals surface area (Å²) in [6, 6.07) is 7.23. The lowest BCUT2D eigenvalue weighted by Crippen LogP contribution is -2.32. The van der Waals surface area contributed by atoms with Gasteiger partial charge in [-0.25, -0.2) is 0 Å². The lowest BCUT2D eigenvalue weighted by atomic mass is 9.89. The Morgan fingerprint density at radius 2 is 1.92 bits per heavy atom. The molecule has 3 N–H and O–H groups in total. The fraction of sp³-hybridized carbons (Fsp3) is 0.579. The number of amides is 2. The minimum absolute atomic E-state index is 0.00904. The highest BCUT2D eigenvalue weighted by atomic mass is 32.2. The van der Waals surface area contributed by atoms with Crippen molar-refractivity contribution in [2.45, 2.75) is 50.0 Å². The van der Waals surface area contributed by atoms with E-state index in [1.54, 1.807) is 19.1 Å². The maximum absolute atomic E-state index is 12.2. The number of hydrogen-bond donors (Lipinski definition) is 3. The van der Waals surface area contributed by atoms with Crippen LogP contribution in [0.2, 0.25) is 0 Å². The van der Waals surface area contributed by atoms with Gasteiger partial charge in [0.2, 0.25) is 5.91 Å². The summed E-state index contributed by atoms with van der Waals surface area (Å²) in [5.74, 6) is 0.690. The predicted molar refractivity (Wildman–Crippen MR) is 101 cm³/mol. The molecular formula is C19H28N2O3S. The maximum atomic E-state index is 12.2. The SMILES string of the molecule is CC(O)CNC(=O)c1ccccc1SCC(=O)NCC1CCCCC1. The van der Waals surface area contributed by atoms with E-state index in [2.05, 4.69) is 10.6 Å². The molecule has 1 atom stereocenters. The largest absolute Gasteiger partial charge is 0.392 e. The van der Waals surface area contributed by atoms with Crippen molar-refractivity contribution in [2.24, 2.45) is 5.92 Å². The van der Waals surface area contributed by atoms with Crippen LogP contribution in [-0.4, -0.2) is 41.9 Å². The summed E-state index contributed by atoms with van der Waals surface area (Å²) in [5, 5.41) is 15.0. The van der Waals surface area contributed by atoms with Crippen molar-refractivity contribution in [3.8, 4) is 0 Å². The van der Waals surface area contributed by atoms with E-state index in [0.29, 0.717) is 17.2 Å². The first-order chi connectivity index (χ1) is 12.1. The molecule has 25 heavy (non-hydrogen) atoms. The van der Waals surface area contributed by atoms with Crippen molar-refractivity contribution in [2.75, 3.05) is 18.8 Å². The number of hydrogen-bond acceptors (Lipinski definition) is 4. The molecule has 0 aromatic heterocycles. The second-order valence-corrected chi connectivity index (χ2v) is 7.67. The van der Waals surface area contributed by atoms with Crippen LogP contribution in [0.1, 0.15) is 49.4 Å². The standard InChI is InChI=1S/C19H28N2O3S/c1-14(22)11-21-19(24)16-9-5-6-10-17(16)25-13-18(23)20-12-15-7-3-2-4-8-15/h5-6,9-10,14-15,22H,2-4,7-8,11-13H2,1H3,(H,20,23)(H,21,24). The van der Waals surface area contributed by atoms with Gasteiger partial charge in [0.1, 0.15) is 0 Å². The Balaban J connectivity index is 1.81. The fourth-order valence-corrected chi connectivity index (χ4v) is 3.84. The second-order valence-electron chi connectivity index (χ2n) is 6.65. The average Bonchev–Trinajstić information content (AvgIpc) is 2.63. The van der Waals surface area contributed by atoms with Gasteiger partial charge in [-0.2, -0.15) is 0 Å². The molecule has 2 amide bonds. The lowest BCUT2D eigenvalue weighted by Gasteiger charge is -2.21. The molecule has 1 unspecified atom stereocenters. The van der Waals surface area contributed by atoms with Crippen LogP contribution in [0.4, 0.5) is 0 Å². The van der Waals surface area contributed by atoms with E-state index in [1.807, 2.05) is 12.1 Å². The zero-order valence-electron chi connectivity index (χ0n) is 14.8. The Kier molecular flexibility index (Phi) is 8.28. The highest BCUT2D eigenvalue weighted by molar-refractivity contribution is 8.00. The Labute approximate surface area is 154 Å². The van der Waals surface area contributed by atoms with Crippen molar-refractivity contribution in [3.63, 3.8) is 0 Å². The van der Waals surface area contributed by atoms with E-state index in [4.69, 9.17) is 0 Å². The van der Waals surface area contributed by atoms with E-state index in [-0.39, 0.29) is 18.4 Å². The summed E-state index contributed by atoms with van der Waals surface area (Å²) in [5.41, 5.74) is 0.535. The summed E-state index contributed by atoms with van der Waals surface area (Å²) < 4.78 is 0. The quantitative estimate of drug-likeness (QED) is 0.620. The molecule has 1 aliphatic carbocycles. The Hall–Kier alpha value is -1.53. The number of nitrogens with one attached hydrogen (secondary N) is 2. The normalized spacial score (nSPS) is 16.2. The van der Waals surface area contributed by atoms with Crippen molar-refractivity contribution >= 4 is 23.6 Å². The summed E-state index contributed by atoms with van der Waals surface area (Å²) in [6.45, 7) is 2.59. The van der Waals surface area contributed by atoms with E-state index in [0.717, 1.165) is 11.4 Å². The number of aliphatic hydroxyl groups excluding tert-OH is 1. The maximum Gasteiger partial charge on any atom is 0.252 e. The predicted octanol–water partition coefficient (Wildman–Crippen LogP) is 2.59. The van der Waals surface area contributed by atoms with E-state index in [1.165, 1.54) is 43.9 Å². The summed E-state index contributed by atoms with van der Waals surface area (Å²) in [4.78, 5) is 25.1. The molecule has 1 fully saturated rings. The molecule has 1 aliphatic rings. The lowest BCUT2D eigenvalue weighted by molar-refractivity contribution is -0.118. The smallest absolute Gasteiger partial charge is 0.252 e. The second kappa shape index (κ2) is 10.5. The van der Waals surface area contributed by atoms with Gasteiger partial charge in [0.25, 0.3) is 5.91 Å². The first-order valence-corrected chi connectivity index (χ1v) is 9.99. The molecule has 0 heterocycles. The molecule has 1 aromatic carbocycles. The molecule has 0 saturated heterocycles. The number of rotatable bonds is 8. The first kappa shape index (κ1) is 19.8. The zero-order chi connectivity index (χ0) is 18.1. The van der Waals surface area contributed by atoms with Gasteiger partial charge < -0.3 is 15.7 Å².